The number of hydrogen-bond acceptors (Lipinski definition) is 3. The molecule has 0 bridgehead atoms. The lowest BCUT2D eigenvalue weighted by Crippen LogP contribution is -2.39. The van der Waals surface area contributed by atoms with E-state index in [-0.39, 0.29) is 5.91 Å². The molecular formula is C14H19BrN2OS. The van der Waals surface area contributed by atoms with Crippen LogP contribution in [0.2, 0.25) is 0 Å². The summed E-state index contributed by atoms with van der Waals surface area (Å²) in [4.78, 5) is 18.1. The second-order valence-electron chi connectivity index (χ2n) is 5.50. The Labute approximate surface area is 126 Å². The van der Waals surface area contributed by atoms with E-state index in [0.29, 0.717) is 6.04 Å². The second-order valence-corrected chi connectivity index (χ2v) is 7.87. The molecule has 0 N–H and O–H groups in total. The molecule has 2 aliphatic heterocycles. The molecule has 0 aliphatic carbocycles. The zero-order valence-corrected chi connectivity index (χ0v) is 13.6. The van der Waals surface area contributed by atoms with Crippen LogP contribution in [-0.2, 0) is 0 Å². The number of carbonyl (C=O) groups excluding carboxylic acids is 1. The fourth-order valence-corrected chi connectivity index (χ4v) is 4.61. The van der Waals surface area contributed by atoms with Gasteiger partial charge in [-0.05, 0) is 60.3 Å². The van der Waals surface area contributed by atoms with E-state index in [1.807, 2.05) is 13.0 Å². The molecule has 1 aromatic rings. The first-order chi connectivity index (χ1) is 9.15. The number of hydrogen-bond donors (Lipinski definition) is 0. The molecule has 3 nitrogen and oxygen atoms in total. The van der Waals surface area contributed by atoms with E-state index < -0.39 is 0 Å². The predicted molar refractivity (Wildman–Crippen MR) is 81.9 cm³/mol. The molecule has 2 saturated heterocycles. The van der Waals surface area contributed by atoms with Crippen molar-refractivity contribution in [2.75, 3.05) is 26.2 Å². The van der Waals surface area contributed by atoms with Crippen LogP contribution in [-0.4, -0.2) is 47.9 Å². The average Bonchev–Trinajstić information content (AvgIpc) is 2.90. The average molecular weight is 343 g/mol. The fourth-order valence-electron chi connectivity index (χ4n) is 3.11. The van der Waals surface area contributed by atoms with Gasteiger partial charge in [-0.15, -0.1) is 11.3 Å². The molecule has 104 valence electrons. The Kier molecular flexibility index (Phi) is 3.96. The monoisotopic (exact) mass is 342 g/mol. The zero-order valence-electron chi connectivity index (χ0n) is 11.2. The number of fused-ring (bicyclic) bond motifs is 1. The van der Waals surface area contributed by atoms with Gasteiger partial charge >= 0.3 is 0 Å². The summed E-state index contributed by atoms with van der Waals surface area (Å²) in [5.74, 6) is 0.215. The molecule has 0 aromatic carbocycles. The van der Waals surface area contributed by atoms with Crippen LogP contribution >= 0.6 is 27.3 Å². The van der Waals surface area contributed by atoms with Gasteiger partial charge in [0.25, 0.3) is 5.91 Å². The van der Waals surface area contributed by atoms with E-state index in [9.17, 15) is 4.79 Å². The number of carbonyl (C=O) groups is 1. The van der Waals surface area contributed by atoms with Crippen molar-refractivity contribution in [2.24, 2.45) is 0 Å². The van der Waals surface area contributed by atoms with Crippen molar-refractivity contribution in [3.63, 3.8) is 0 Å². The number of halogens is 1. The van der Waals surface area contributed by atoms with Crippen molar-refractivity contribution >= 4 is 33.2 Å². The molecular weight excluding hydrogens is 324 g/mol. The summed E-state index contributed by atoms with van der Waals surface area (Å²) in [5, 5.41) is 0. The summed E-state index contributed by atoms with van der Waals surface area (Å²) in [6.07, 6.45) is 3.64. The van der Waals surface area contributed by atoms with Gasteiger partial charge in [-0.1, -0.05) is 0 Å². The van der Waals surface area contributed by atoms with Crippen LogP contribution in [0.3, 0.4) is 0 Å². The smallest absolute Gasteiger partial charge is 0.264 e. The molecule has 2 fully saturated rings. The largest absolute Gasteiger partial charge is 0.336 e. The van der Waals surface area contributed by atoms with E-state index in [1.165, 1.54) is 19.4 Å². The molecule has 0 saturated carbocycles. The molecule has 3 rings (SSSR count). The zero-order chi connectivity index (χ0) is 13.4. The third-order valence-electron chi connectivity index (χ3n) is 4.16. The molecule has 1 unspecified atom stereocenters. The molecule has 0 spiro atoms. The van der Waals surface area contributed by atoms with Crippen LogP contribution in [0, 0.1) is 6.92 Å². The summed E-state index contributed by atoms with van der Waals surface area (Å²) in [6.45, 7) is 6.23. The Hall–Kier alpha value is -0.390. The van der Waals surface area contributed by atoms with Gasteiger partial charge in [0.1, 0.15) is 0 Å². The van der Waals surface area contributed by atoms with Crippen LogP contribution in [0.1, 0.15) is 34.5 Å². The highest BCUT2D eigenvalue weighted by Gasteiger charge is 2.31. The van der Waals surface area contributed by atoms with E-state index in [0.717, 1.165) is 40.3 Å². The molecule has 1 aromatic heterocycles. The van der Waals surface area contributed by atoms with E-state index in [2.05, 4.69) is 25.7 Å². The topological polar surface area (TPSA) is 23.6 Å². The molecule has 0 radical (unpaired) electrons. The minimum Gasteiger partial charge on any atom is -0.336 e. The third-order valence-corrected chi connectivity index (χ3v) is 6.28. The highest BCUT2D eigenvalue weighted by molar-refractivity contribution is 9.11. The first-order valence-corrected chi connectivity index (χ1v) is 8.55. The number of rotatable bonds is 1. The summed E-state index contributed by atoms with van der Waals surface area (Å²) in [5.41, 5.74) is 1.16. The first kappa shape index (κ1) is 13.6. The Bertz CT molecular complexity index is 468. The van der Waals surface area contributed by atoms with Gasteiger partial charge in [-0.2, -0.15) is 0 Å². The minimum atomic E-state index is 0.215. The Morgan fingerprint density at radius 2 is 2.16 bits per heavy atom. The summed E-state index contributed by atoms with van der Waals surface area (Å²) in [6, 6.07) is 2.60. The number of nitrogens with zero attached hydrogens (tertiary/aromatic N) is 2. The van der Waals surface area contributed by atoms with Gasteiger partial charge in [-0.3, -0.25) is 9.69 Å². The number of amides is 1. The van der Waals surface area contributed by atoms with Gasteiger partial charge in [0.15, 0.2) is 0 Å². The van der Waals surface area contributed by atoms with Crippen LogP contribution in [0.4, 0.5) is 0 Å². The molecule has 2 aliphatic rings. The second kappa shape index (κ2) is 5.54. The maximum atomic E-state index is 12.6. The molecule has 19 heavy (non-hydrogen) atoms. The molecule has 5 heteroatoms. The van der Waals surface area contributed by atoms with Crippen molar-refractivity contribution < 1.29 is 4.79 Å². The highest BCUT2D eigenvalue weighted by Crippen LogP contribution is 2.29. The van der Waals surface area contributed by atoms with Crippen LogP contribution < -0.4 is 0 Å². The highest BCUT2D eigenvalue weighted by atomic mass is 79.9. The van der Waals surface area contributed by atoms with Gasteiger partial charge in [0.2, 0.25) is 0 Å². The predicted octanol–water partition coefficient (Wildman–Crippen LogP) is 3.13. The van der Waals surface area contributed by atoms with E-state index >= 15 is 0 Å². The van der Waals surface area contributed by atoms with Gasteiger partial charge < -0.3 is 4.90 Å². The SMILES string of the molecule is Cc1cc(C(=O)N2CCCN3CCCC3C2)sc1Br. The number of aryl methyl sites for hydroxylation is 1. The lowest BCUT2D eigenvalue weighted by atomic mass is 10.2. The van der Waals surface area contributed by atoms with E-state index in [1.54, 1.807) is 11.3 Å². The van der Waals surface area contributed by atoms with Crippen molar-refractivity contribution in [2.45, 2.75) is 32.2 Å². The summed E-state index contributed by atoms with van der Waals surface area (Å²) >= 11 is 5.07. The quantitative estimate of drug-likeness (QED) is 0.782. The summed E-state index contributed by atoms with van der Waals surface area (Å²) < 4.78 is 1.08. The maximum absolute atomic E-state index is 12.6. The van der Waals surface area contributed by atoms with Gasteiger partial charge in [0.05, 0.1) is 8.66 Å². The normalized spacial score (nSPS) is 24.3. The van der Waals surface area contributed by atoms with E-state index in [4.69, 9.17) is 0 Å². The number of thiophene rings is 1. The minimum absolute atomic E-state index is 0.215. The van der Waals surface area contributed by atoms with Gasteiger partial charge in [-0.25, -0.2) is 0 Å². The van der Waals surface area contributed by atoms with Crippen molar-refractivity contribution in [3.8, 4) is 0 Å². The molecule has 3 heterocycles. The van der Waals surface area contributed by atoms with Crippen molar-refractivity contribution in [1.82, 2.24) is 9.80 Å². The van der Waals surface area contributed by atoms with Gasteiger partial charge in [0, 0.05) is 25.7 Å². The van der Waals surface area contributed by atoms with Crippen molar-refractivity contribution in [3.05, 3.63) is 20.3 Å². The third kappa shape index (κ3) is 2.73. The van der Waals surface area contributed by atoms with Crippen LogP contribution in [0.5, 0.6) is 0 Å². The Morgan fingerprint density at radius 1 is 1.37 bits per heavy atom. The summed E-state index contributed by atoms with van der Waals surface area (Å²) in [7, 11) is 0. The maximum Gasteiger partial charge on any atom is 0.264 e. The Balaban J connectivity index is 1.75. The molecule has 1 amide bonds. The lowest BCUT2D eigenvalue weighted by Gasteiger charge is -2.25. The fraction of sp³-hybridized carbons (Fsp3) is 0.643. The standard InChI is InChI=1S/C14H19BrN2OS/c1-10-8-12(19-13(10)15)14(18)17-7-3-6-16-5-2-4-11(16)9-17/h8,11H,2-7,9H2,1H3. The van der Waals surface area contributed by atoms with Crippen LogP contribution in [0.15, 0.2) is 9.85 Å². The van der Waals surface area contributed by atoms with Crippen LogP contribution in [0.25, 0.3) is 0 Å². The Morgan fingerprint density at radius 3 is 2.89 bits per heavy atom. The molecule has 1 atom stereocenters. The van der Waals surface area contributed by atoms with Crippen molar-refractivity contribution in [1.29, 1.82) is 0 Å². The lowest BCUT2D eigenvalue weighted by molar-refractivity contribution is 0.0748. The first-order valence-electron chi connectivity index (χ1n) is 6.94.